The number of piperidine rings is 1. The summed E-state index contributed by atoms with van der Waals surface area (Å²) in [6.07, 6.45) is 5.60. The topological polar surface area (TPSA) is 63.4 Å². The predicted octanol–water partition coefficient (Wildman–Crippen LogP) is 1.32. The first-order valence-electron chi connectivity index (χ1n) is 6.31. The van der Waals surface area contributed by atoms with Crippen molar-refractivity contribution in [1.29, 1.82) is 0 Å². The van der Waals surface area contributed by atoms with E-state index in [2.05, 4.69) is 6.92 Å². The first kappa shape index (κ1) is 13.9. The van der Waals surface area contributed by atoms with E-state index in [9.17, 15) is 8.42 Å². The zero-order valence-corrected chi connectivity index (χ0v) is 11.0. The van der Waals surface area contributed by atoms with Gasteiger partial charge in [0.1, 0.15) is 0 Å². The second kappa shape index (κ2) is 6.57. The monoisotopic (exact) mass is 248 g/mol. The van der Waals surface area contributed by atoms with Gasteiger partial charge in [0.05, 0.1) is 5.75 Å². The van der Waals surface area contributed by atoms with Gasteiger partial charge in [-0.1, -0.05) is 13.3 Å². The van der Waals surface area contributed by atoms with Gasteiger partial charge in [0.2, 0.25) is 10.0 Å². The van der Waals surface area contributed by atoms with E-state index in [1.165, 1.54) is 0 Å². The molecule has 0 amide bonds. The van der Waals surface area contributed by atoms with Gasteiger partial charge in [-0.15, -0.1) is 0 Å². The maximum atomic E-state index is 12.1. The molecule has 0 bridgehead atoms. The minimum Gasteiger partial charge on any atom is -0.330 e. The normalized spacial score (nSPS) is 23.5. The van der Waals surface area contributed by atoms with Gasteiger partial charge in [0, 0.05) is 12.6 Å². The van der Waals surface area contributed by atoms with Gasteiger partial charge < -0.3 is 5.73 Å². The molecule has 0 aromatic heterocycles. The molecule has 0 spiro atoms. The molecule has 0 aromatic rings. The first-order valence-corrected chi connectivity index (χ1v) is 7.92. The average molecular weight is 248 g/mol. The van der Waals surface area contributed by atoms with Crippen molar-refractivity contribution in [2.24, 2.45) is 5.73 Å². The third kappa shape index (κ3) is 3.71. The Morgan fingerprint density at radius 3 is 2.69 bits per heavy atom. The van der Waals surface area contributed by atoms with E-state index in [0.717, 1.165) is 32.1 Å². The Kier molecular flexibility index (Phi) is 5.72. The van der Waals surface area contributed by atoms with Gasteiger partial charge in [-0.2, -0.15) is 4.31 Å². The van der Waals surface area contributed by atoms with Crippen molar-refractivity contribution in [2.75, 3.05) is 18.8 Å². The van der Waals surface area contributed by atoms with Crippen LogP contribution in [-0.2, 0) is 10.0 Å². The largest absolute Gasteiger partial charge is 0.330 e. The zero-order chi connectivity index (χ0) is 12.0. The lowest BCUT2D eigenvalue weighted by Crippen LogP contribution is -2.44. The van der Waals surface area contributed by atoms with Crippen LogP contribution in [0.1, 0.15) is 45.4 Å². The van der Waals surface area contributed by atoms with Crippen LogP contribution in [0.3, 0.4) is 0 Å². The standard InChI is InChI=1S/C11H24N2O2S/c1-2-11-7-3-5-9-13(11)16(14,15)10-6-4-8-12/h11H,2-10,12H2,1H3. The van der Waals surface area contributed by atoms with Crippen LogP contribution in [0.15, 0.2) is 0 Å². The molecule has 0 radical (unpaired) electrons. The molecule has 1 atom stereocenters. The summed E-state index contributed by atoms with van der Waals surface area (Å²) in [6, 6.07) is 0.233. The van der Waals surface area contributed by atoms with Gasteiger partial charge in [-0.3, -0.25) is 0 Å². The smallest absolute Gasteiger partial charge is 0.214 e. The molecular weight excluding hydrogens is 224 g/mol. The summed E-state index contributed by atoms with van der Waals surface area (Å²) in [5.41, 5.74) is 5.38. The third-order valence-electron chi connectivity index (χ3n) is 3.26. The van der Waals surface area contributed by atoms with Crippen LogP contribution in [0.4, 0.5) is 0 Å². The summed E-state index contributed by atoms with van der Waals surface area (Å²) in [5, 5.41) is 0. The molecule has 2 N–H and O–H groups in total. The van der Waals surface area contributed by atoms with E-state index in [4.69, 9.17) is 5.73 Å². The lowest BCUT2D eigenvalue weighted by Gasteiger charge is -2.34. The predicted molar refractivity (Wildman–Crippen MR) is 66.7 cm³/mol. The summed E-state index contributed by atoms with van der Waals surface area (Å²) < 4.78 is 26.0. The highest BCUT2D eigenvalue weighted by molar-refractivity contribution is 7.89. The quantitative estimate of drug-likeness (QED) is 0.721. The summed E-state index contributed by atoms with van der Waals surface area (Å²) in [5.74, 6) is 0.265. The highest BCUT2D eigenvalue weighted by Gasteiger charge is 2.30. The third-order valence-corrected chi connectivity index (χ3v) is 5.26. The summed E-state index contributed by atoms with van der Waals surface area (Å²) in [4.78, 5) is 0. The summed E-state index contributed by atoms with van der Waals surface area (Å²) in [7, 11) is -3.04. The Balaban J connectivity index is 2.57. The lowest BCUT2D eigenvalue weighted by molar-refractivity contribution is 0.246. The molecule has 1 rings (SSSR count). The van der Waals surface area contributed by atoms with E-state index < -0.39 is 10.0 Å². The van der Waals surface area contributed by atoms with Crippen molar-refractivity contribution in [3.8, 4) is 0 Å². The SMILES string of the molecule is CCC1CCCCN1S(=O)(=O)CCCCN. The van der Waals surface area contributed by atoms with E-state index in [1.54, 1.807) is 4.31 Å². The number of nitrogens with zero attached hydrogens (tertiary/aromatic N) is 1. The van der Waals surface area contributed by atoms with Crippen LogP contribution < -0.4 is 5.73 Å². The lowest BCUT2D eigenvalue weighted by atomic mass is 10.0. The van der Waals surface area contributed by atoms with Gasteiger partial charge >= 0.3 is 0 Å². The molecule has 1 fully saturated rings. The first-order chi connectivity index (χ1) is 7.61. The maximum absolute atomic E-state index is 12.1. The molecule has 1 aliphatic rings. The van der Waals surface area contributed by atoms with E-state index >= 15 is 0 Å². The van der Waals surface area contributed by atoms with Gasteiger partial charge in [-0.05, 0) is 38.6 Å². The average Bonchev–Trinajstić information content (AvgIpc) is 2.29. The molecule has 1 unspecified atom stereocenters. The molecule has 96 valence electrons. The van der Waals surface area contributed by atoms with Crippen molar-refractivity contribution in [1.82, 2.24) is 4.31 Å². The van der Waals surface area contributed by atoms with Crippen LogP contribution in [0, 0.1) is 0 Å². The molecule has 1 aliphatic heterocycles. The van der Waals surface area contributed by atoms with Crippen molar-refractivity contribution in [3.05, 3.63) is 0 Å². The summed E-state index contributed by atoms with van der Waals surface area (Å²) >= 11 is 0. The van der Waals surface area contributed by atoms with Crippen molar-refractivity contribution >= 4 is 10.0 Å². The van der Waals surface area contributed by atoms with Gasteiger partial charge in [-0.25, -0.2) is 8.42 Å². The minimum atomic E-state index is -3.04. The van der Waals surface area contributed by atoms with Crippen LogP contribution in [0.5, 0.6) is 0 Å². The molecule has 4 nitrogen and oxygen atoms in total. The Bertz CT molecular complexity index is 290. The molecule has 1 saturated heterocycles. The number of sulfonamides is 1. The van der Waals surface area contributed by atoms with Crippen molar-refractivity contribution in [3.63, 3.8) is 0 Å². The fourth-order valence-corrected chi connectivity index (χ4v) is 4.21. The Labute approximate surface area is 99.2 Å². The van der Waals surface area contributed by atoms with Crippen LogP contribution >= 0.6 is 0 Å². The number of unbranched alkanes of at least 4 members (excludes halogenated alkanes) is 1. The molecule has 5 heteroatoms. The number of hydrogen-bond donors (Lipinski definition) is 1. The van der Waals surface area contributed by atoms with E-state index in [-0.39, 0.29) is 11.8 Å². The molecule has 0 aliphatic carbocycles. The summed E-state index contributed by atoms with van der Waals surface area (Å²) in [6.45, 7) is 3.36. The van der Waals surface area contributed by atoms with E-state index in [0.29, 0.717) is 19.5 Å². The highest BCUT2D eigenvalue weighted by Crippen LogP contribution is 2.23. The molecular formula is C11H24N2O2S. The van der Waals surface area contributed by atoms with Gasteiger partial charge in [0.15, 0.2) is 0 Å². The Morgan fingerprint density at radius 2 is 2.06 bits per heavy atom. The fourth-order valence-electron chi connectivity index (χ4n) is 2.29. The highest BCUT2D eigenvalue weighted by atomic mass is 32.2. The Hall–Kier alpha value is -0.130. The number of nitrogens with two attached hydrogens (primary N) is 1. The van der Waals surface area contributed by atoms with Crippen LogP contribution in [0.25, 0.3) is 0 Å². The molecule has 0 saturated carbocycles. The van der Waals surface area contributed by atoms with Crippen molar-refractivity contribution in [2.45, 2.75) is 51.5 Å². The molecule has 16 heavy (non-hydrogen) atoms. The molecule has 0 aromatic carbocycles. The van der Waals surface area contributed by atoms with Crippen molar-refractivity contribution < 1.29 is 8.42 Å². The van der Waals surface area contributed by atoms with E-state index in [1.807, 2.05) is 0 Å². The van der Waals surface area contributed by atoms with Gasteiger partial charge in [0.25, 0.3) is 0 Å². The maximum Gasteiger partial charge on any atom is 0.214 e. The fraction of sp³-hybridized carbons (Fsp3) is 1.00. The molecule has 1 heterocycles. The second-order valence-corrected chi connectivity index (χ2v) is 6.52. The number of hydrogen-bond acceptors (Lipinski definition) is 3. The minimum absolute atomic E-state index is 0.233. The van der Waals surface area contributed by atoms with Crippen LogP contribution in [0.2, 0.25) is 0 Å². The second-order valence-electron chi connectivity index (χ2n) is 4.48. The zero-order valence-electron chi connectivity index (χ0n) is 10.2. The Morgan fingerprint density at radius 1 is 1.31 bits per heavy atom. The number of rotatable bonds is 6. The van der Waals surface area contributed by atoms with Crippen LogP contribution in [-0.4, -0.2) is 37.6 Å².